The average Bonchev–Trinajstić information content (AvgIpc) is 3.13. The number of hydrogen-bond donors (Lipinski definition) is 0. The Kier molecular flexibility index (Phi) is 5.39. The molecule has 9 heteroatoms. The van der Waals surface area contributed by atoms with E-state index in [4.69, 9.17) is 21.6 Å². The summed E-state index contributed by atoms with van der Waals surface area (Å²) in [5.41, 5.74) is 1.14. The second kappa shape index (κ2) is 8.02. The van der Waals surface area contributed by atoms with Gasteiger partial charge in [-0.3, -0.25) is 4.31 Å². The van der Waals surface area contributed by atoms with Gasteiger partial charge in [0.2, 0.25) is 0 Å². The topological polar surface area (TPSA) is 87.5 Å². The predicted molar refractivity (Wildman–Crippen MR) is 111 cm³/mol. The lowest BCUT2D eigenvalue weighted by Crippen LogP contribution is -2.31. The molecule has 6 nitrogen and oxygen atoms in total. The molecule has 1 aliphatic rings. The fourth-order valence-corrected chi connectivity index (χ4v) is 4.95. The molecule has 1 heterocycles. The van der Waals surface area contributed by atoms with Crippen LogP contribution in [0.25, 0.3) is 0 Å². The van der Waals surface area contributed by atoms with Crippen LogP contribution in [0.3, 0.4) is 0 Å². The number of nitriles is 1. The Morgan fingerprint density at radius 3 is 2.65 bits per heavy atom. The minimum Gasteiger partial charge on any atom is -0.457 e. The van der Waals surface area contributed by atoms with E-state index in [0.717, 1.165) is 4.31 Å². The molecule has 0 fully saturated rings. The molecule has 0 aromatic heterocycles. The van der Waals surface area contributed by atoms with Gasteiger partial charge in [0.1, 0.15) is 12.4 Å². The molecular formula is C22H14ClFN2O4S. The molecule has 1 aliphatic heterocycles. The molecule has 0 saturated carbocycles. The normalized spacial score (nSPS) is 12.7. The monoisotopic (exact) mass is 456 g/mol. The van der Waals surface area contributed by atoms with E-state index in [2.05, 4.69) is 0 Å². The van der Waals surface area contributed by atoms with Crippen molar-refractivity contribution in [3.05, 3.63) is 93.8 Å². The van der Waals surface area contributed by atoms with Gasteiger partial charge in [0.15, 0.2) is 0 Å². The molecule has 3 aromatic carbocycles. The number of esters is 1. The number of benzene rings is 3. The van der Waals surface area contributed by atoms with Crippen molar-refractivity contribution in [2.45, 2.75) is 18.0 Å². The Morgan fingerprint density at radius 1 is 1.13 bits per heavy atom. The van der Waals surface area contributed by atoms with Crippen molar-refractivity contribution in [1.29, 1.82) is 5.26 Å². The van der Waals surface area contributed by atoms with Crippen molar-refractivity contribution in [1.82, 2.24) is 0 Å². The number of carbonyl (C=O) groups excluding carboxylic acids is 1. The fourth-order valence-electron chi connectivity index (χ4n) is 3.25. The first-order chi connectivity index (χ1) is 14.8. The zero-order valence-electron chi connectivity index (χ0n) is 15.9. The molecule has 3 aromatic rings. The summed E-state index contributed by atoms with van der Waals surface area (Å²) in [7, 11) is -4.25. The van der Waals surface area contributed by atoms with Gasteiger partial charge >= 0.3 is 5.97 Å². The third-order valence-corrected chi connectivity index (χ3v) is 7.00. The molecule has 4 rings (SSSR count). The second-order valence-electron chi connectivity index (χ2n) is 6.77. The first kappa shape index (κ1) is 20.8. The highest BCUT2D eigenvalue weighted by Crippen LogP contribution is 2.32. The standard InChI is InChI=1S/C22H14ClFN2O4S/c23-20-5-2-6-21(24)19(20)12-26(16-8-7-15-13-30-22(27)18(15)10-16)31(28,29)17-4-1-3-14(9-17)11-25/h1-10H,12-13H2. The molecule has 0 saturated heterocycles. The largest absolute Gasteiger partial charge is 0.457 e. The third-order valence-electron chi connectivity index (χ3n) is 4.87. The molecule has 31 heavy (non-hydrogen) atoms. The molecule has 0 unspecified atom stereocenters. The summed E-state index contributed by atoms with van der Waals surface area (Å²) >= 11 is 6.14. The van der Waals surface area contributed by atoms with Crippen LogP contribution < -0.4 is 4.31 Å². The first-order valence-corrected chi connectivity index (χ1v) is 10.9. The SMILES string of the molecule is N#Cc1cccc(S(=O)(=O)N(Cc2c(F)cccc2Cl)c2ccc3c(c2)C(=O)OC3)c1. The van der Waals surface area contributed by atoms with Gasteiger partial charge in [-0.2, -0.15) is 5.26 Å². The first-order valence-electron chi connectivity index (χ1n) is 9.07. The van der Waals surface area contributed by atoms with Gasteiger partial charge in [-0.25, -0.2) is 17.6 Å². The van der Waals surface area contributed by atoms with Gasteiger partial charge in [-0.1, -0.05) is 29.8 Å². The number of fused-ring (bicyclic) bond motifs is 1. The molecule has 0 radical (unpaired) electrons. The van der Waals surface area contributed by atoms with Crippen LogP contribution in [0.2, 0.25) is 5.02 Å². The van der Waals surface area contributed by atoms with Crippen LogP contribution in [0, 0.1) is 17.1 Å². The van der Waals surface area contributed by atoms with E-state index in [9.17, 15) is 17.6 Å². The Balaban J connectivity index is 1.88. The summed E-state index contributed by atoms with van der Waals surface area (Å²) in [6.45, 7) is -0.316. The maximum atomic E-state index is 14.5. The lowest BCUT2D eigenvalue weighted by atomic mass is 10.1. The van der Waals surface area contributed by atoms with E-state index in [-0.39, 0.29) is 38.9 Å². The van der Waals surface area contributed by atoms with Crippen molar-refractivity contribution in [3.8, 4) is 6.07 Å². The van der Waals surface area contributed by atoms with Crippen molar-refractivity contribution < 1.29 is 22.3 Å². The average molecular weight is 457 g/mol. The van der Waals surface area contributed by atoms with E-state index in [0.29, 0.717) is 5.56 Å². The van der Waals surface area contributed by atoms with Gasteiger partial charge < -0.3 is 4.74 Å². The van der Waals surface area contributed by atoms with Crippen LogP contribution in [-0.2, 0) is 27.9 Å². The van der Waals surface area contributed by atoms with Crippen molar-refractivity contribution in [2.75, 3.05) is 4.31 Å². The highest BCUT2D eigenvalue weighted by Gasteiger charge is 2.30. The van der Waals surface area contributed by atoms with E-state index in [1.807, 2.05) is 6.07 Å². The number of ether oxygens (including phenoxy) is 1. The molecule has 0 bridgehead atoms. The number of anilines is 1. The summed E-state index contributed by atoms with van der Waals surface area (Å²) < 4.78 is 47.5. The predicted octanol–water partition coefficient (Wildman–Crippen LogP) is 4.42. The Bertz CT molecular complexity index is 1330. The van der Waals surface area contributed by atoms with Crippen LogP contribution in [-0.4, -0.2) is 14.4 Å². The maximum Gasteiger partial charge on any atom is 0.338 e. The van der Waals surface area contributed by atoms with E-state index < -0.39 is 28.4 Å². The zero-order valence-corrected chi connectivity index (χ0v) is 17.5. The number of sulfonamides is 1. The smallest absolute Gasteiger partial charge is 0.338 e. The van der Waals surface area contributed by atoms with Crippen LogP contribution in [0.5, 0.6) is 0 Å². The summed E-state index contributed by atoms with van der Waals surface area (Å²) in [5, 5.41) is 9.21. The number of carbonyl (C=O) groups is 1. The highest BCUT2D eigenvalue weighted by atomic mass is 35.5. The van der Waals surface area contributed by atoms with Crippen molar-refractivity contribution in [3.63, 3.8) is 0 Å². The van der Waals surface area contributed by atoms with E-state index >= 15 is 0 Å². The zero-order chi connectivity index (χ0) is 22.2. The van der Waals surface area contributed by atoms with Gasteiger partial charge in [0.05, 0.1) is 34.3 Å². The summed E-state index contributed by atoms with van der Waals surface area (Å²) in [6.07, 6.45) is 0. The van der Waals surface area contributed by atoms with Gasteiger partial charge in [0.25, 0.3) is 10.0 Å². The van der Waals surface area contributed by atoms with Crippen LogP contribution >= 0.6 is 11.6 Å². The van der Waals surface area contributed by atoms with Crippen molar-refractivity contribution in [2.24, 2.45) is 0 Å². The Hall–Kier alpha value is -3.41. The molecule has 0 aliphatic carbocycles. The summed E-state index contributed by atoms with van der Waals surface area (Å²) in [4.78, 5) is 11.9. The van der Waals surface area contributed by atoms with Gasteiger partial charge in [0, 0.05) is 16.1 Å². The molecular weight excluding hydrogens is 443 g/mol. The summed E-state index contributed by atoms with van der Waals surface area (Å²) in [5.74, 6) is -1.23. The van der Waals surface area contributed by atoms with E-state index in [1.165, 1.54) is 54.6 Å². The molecule has 0 spiro atoms. The van der Waals surface area contributed by atoms with Crippen LogP contribution in [0.1, 0.15) is 27.0 Å². The lowest BCUT2D eigenvalue weighted by Gasteiger charge is -2.25. The third kappa shape index (κ3) is 3.85. The minimum atomic E-state index is -4.25. The summed E-state index contributed by atoms with van der Waals surface area (Å²) in [6, 6.07) is 15.9. The van der Waals surface area contributed by atoms with Gasteiger partial charge in [-0.05, 0) is 42.5 Å². The van der Waals surface area contributed by atoms with E-state index in [1.54, 1.807) is 6.07 Å². The van der Waals surface area contributed by atoms with Crippen LogP contribution in [0.15, 0.2) is 65.6 Å². The van der Waals surface area contributed by atoms with Crippen LogP contribution in [0.4, 0.5) is 10.1 Å². The number of hydrogen-bond acceptors (Lipinski definition) is 5. The number of cyclic esters (lactones) is 1. The van der Waals surface area contributed by atoms with Crippen molar-refractivity contribution >= 4 is 33.3 Å². The lowest BCUT2D eigenvalue weighted by molar-refractivity contribution is 0.0535. The number of nitrogens with zero attached hydrogens (tertiary/aromatic N) is 2. The van der Waals surface area contributed by atoms with Gasteiger partial charge in [-0.15, -0.1) is 0 Å². The highest BCUT2D eigenvalue weighted by molar-refractivity contribution is 7.92. The number of halogens is 2. The molecule has 0 N–H and O–H groups in total. The minimum absolute atomic E-state index is 0.0211. The quantitative estimate of drug-likeness (QED) is 0.530. The Labute approximate surface area is 183 Å². The maximum absolute atomic E-state index is 14.5. The number of rotatable bonds is 5. The Morgan fingerprint density at radius 2 is 1.90 bits per heavy atom. The molecule has 0 atom stereocenters. The molecule has 156 valence electrons. The molecule has 0 amide bonds. The fraction of sp³-hybridized carbons (Fsp3) is 0.0909. The second-order valence-corrected chi connectivity index (χ2v) is 9.04.